The van der Waals surface area contributed by atoms with Crippen molar-refractivity contribution < 1.29 is 26.0 Å². The van der Waals surface area contributed by atoms with Gasteiger partial charge in [-0.25, -0.2) is 31.0 Å². The third-order valence-electron chi connectivity index (χ3n) is 3.44. The average Bonchev–Trinajstić information content (AvgIpc) is 2.64. The van der Waals surface area contributed by atoms with Crippen molar-refractivity contribution in [2.75, 3.05) is 10.0 Å². The van der Waals surface area contributed by atoms with E-state index in [0.717, 1.165) is 36.4 Å². The lowest BCUT2D eigenvalue weighted by Gasteiger charge is -2.10. The Bertz CT molecular complexity index is 1070. The molecule has 3 aromatic rings. The van der Waals surface area contributed by atoms with E-state index in [1.807, 2.05) is 0 Å². The molecule has 2 N–H and O–H groups in total. The van der Waals surface area contributed by atoms with Gasteiger partial charge in [0.25, 0.3) is 10.0 Å². The highest BCUT2D eigenvalue weighted by Gasteiger charge is 2.16. The Hall–Kier alpha value is -3.14. The first-order valence-electron chi connectivity index (χ1n) is 7.41. The molecule has 2 aromatic carbocycles. The standard InChI is InChI=1S/C17H11F4N3O2S/c18-10-1-4-12(5-2-10)27(25,26)24-15-8-3-11(9-22-15)23-14-7-6-13(19)16(20)17(14)21/h1-9,23H,(H,22,24). The molecule has 0 aliphatic carbocycles. The molecule has 0 fully saturated rings. The van der Waals surface area contributed by atoms with Gasteiger partial charge in [0.2, 0.25) is 0 Å². The Balaban J connectivity index is 1.76. The lowest BCUT2D eigenvalue weighted by molar-refractivity contribution is 0.449. The summed E-state index contributed by atoms with van der Waals surface area (Å²) in [5.74, 6) is -4.95. The van der Waals surface area contributed by atoms with Crippen LogP contribution in [0.4, 0.5) is 34.8 Å². The molecule has 5 nitrogen and oxygen atoms in total. The summed E-state index contributed by atoms with van der Waals surface area (Å²) >= 11 is 0. The zero-order valence-corrected chi connectivity index (χ0v) is 14.2. The summed E-state index contributed by atoms with van der Waals surface area (Å²) < 4.78 is 79.3. The first kappa shape index (κ1) is 18.6. The molecule has 0 aliphatic heterocycles. The van der Waals surface area contributed by atoms with Crippen LogP contribution in [0.15, 0.2) is 59.6 Å². The molecule has 0 aliphatic rings. The molecule has 10 heteroatoms. The number of nitrogens with zero attached hydrogens (tertiary/aromatic N) is 1. The highest BCUT2D eigenvalue weighted by Crippen LogP contribution is 2.24. The SMILES string of the molecule is O=S(=O)(Nc1ccc(Nc2ccc(F)c(F)c2F)cn1)c1ccc(F)cc1. The lowest BCUT2D eigenvalue weighted by Crippen LogP contribution is -2.13. The van der Waals surface area contributed by atoms with Crippen LogP contribution in [0.3, 0.4) is 0 Å². The molecule has 0 amide bonds. The molecular formula is C17H11F4N3O2S. The van der Waals surface area contributed by atoms with Crippen molar-refractivity contribution in [2.45, 2.75) is 4.90 Å². The third kappa shape index (κ3) is 4.17. The summed E-state index contributed by atoms with van der Waals surface area (Å²) in [5.41, 5.74) is -0.0972. The van der Waals surface area contributed by atoms with Gasteiger partial charge in [-0.2, -0.15) is 0 Å². The van der Waals surface area contributed by atoms with Gasteiger partial charge in [0, 0.05) is 0 Å². The summed E-state index contributed by atoms with van der Waals surface area (Å²) in [6, 6.07) is 8.62. The number of pyridine rings is 1. The molecular weight excluding hydrogens is 386 g/mol. The van der Waals surface area contributed by atoms with Gasteiger partial charge in [0.1, 0.15) is 11.6 Å². The van der Waals surface area contributed by atoms with Crippen molar-refractivity contribution in [1.82, 2.24) is 4.98 Å². The normalized spacial score (nSPS) is 11.3. The highest BCUT2D eigenvalue weighted by molar-refractivity contribution is 7.92. The van der Waals surface area contributed by atoms with Crippen molar-refractivity contribution >= 4 is 27.2 Å². The number of benzene rings is 2. The molecule has 0 radical (unpaired) electrons. The fraction of sp³-hybridized carbons (Fsp3) is 0. The Kier molecular flexibility index (Phi) is 5.00. The molecule has 140 valence electrons. The summed E-state index contributed by atoms with van der Waals surface area (Å²) in [6.07, 6.45) is 1.17. The number of anilines is 3. The fourth-order valence-electron chi connectivity index (χ4n) is 2.12. The smallest absolute Gasteiger partial charge is 0.263 e. The molecule has 0 bridgehead atoms. The maximum atomic E-state index is 13.6. The predicted molar refractivity (Wildman–Crippen MR) is 91.0 cm³/mol. The molecule has 3 rings (SSSR count). The molecule has 27 heavy (non-hydrogen) atoms. The van der Waals surface area contributed by atoms with Crippen LogP contribution in [0.25, 0.3) is 0 Å². The van der Waals surface area contributed by atoms with Crippen molar-refractivity contribution in [3.63, 3.8) is 0 Å². The van der Waals surface area contributed by atoms with E-state index >= 15 is 0 Å². The number of aromatic nitrogens is 1. The molecule has 1 aromatic heterocycles. The molecule has 0 spiro atoms. The van der Waals surface area contributed by atoms with Crippen molar-refractivity contribution in [2.24, 2.45) is 0 Å². The predicted octanol–water partition coefficient (Wildman–Crippen LogP) is 4.18. The molecule has 0 atom stereocenters. The zero-order valence-electron chi connectivity index (χ0n) is 13.4. The van der Waals surface area contributed by atoms with Crippen LogP contribution in [0.5, 0.6) is 0 Å². The van der Waals surface area contributed by atoms with E-state index in [1.165, 1.54) is 18.3 Å². The van der Waals surface area contributed by atoms with E-state index in [4.69, 9.17) is 0 Å². The Morgan fingerprint density at radius 2 is 1.52 bits per heavy atom. The summed E-state index contributed by atoms with van der Waals surface area (Å²) in [4.78, 5) is 3.70. The van der Waals surface area contributed by atoms with Gasteiger partial charge in [-0.15, -0.1) is 0 Å². The summed E-state index contributed by atoms with van der Waals surface area (Å²) in [7, 11) is -3.97. The topological polar surface area (TPSA) is 71.1 Å². The number of halogens is 4. The first-order chi connectivity index (χ1) is 12.8. The monoisotopic (exact) mass is 397 g/mol. The highest BCUT2D eigenvalue weighted by atomic mass is 32.2. The van der Waals surface area contributed by atoms with Crippen LogP contribution in [0.1, 0.15) is 0 Å². The summed E-state index contributed by atoms with van der Waals surface area (Å²) in [5, 5.41) is 2.51. The number of rotatable bonds is 5. The van der Waals surface area contributed by atoms with Crippen molar-refractivity contribution in [3.05, 3.63) is 78.0 Å². The Morgan fingerprint density at radius 1 is 0.815 bits per heavy atom. The van der Waals surface area contributed by atoms with Gasteiger partial charge in [0.05, 0.1) is 22.5 Å². The van der Waals surface area contributed by atoms with E-state index in [1.54, 1.807) is 0 Å². The van der Waals surface area contributed by atoms with Gasteiger partial charge in [0.15, 0.2) is 17.5 Å². The van der Waals surface area contributed by atoms with Crippen LogP contribution in [-0.2, 0) is 10.0 Å². The van der Waals surface area contributed by atoms with Crippen LogP contribution in [0, 0.1) is 23.3 Å². The third-order valence-corrected chi connectivity index (χ3v) is 4.81. The van der Waals surface area contributed by atoms with Crippen LogP contribution in [-0.4, -0.2) is 13.4 Å². The first-order valence-corrected chi connectivity index (χ1v) is 8.89. The van der Waals surface area contributed by atoms with Crippen LogP contribution >= 0.6 is 0 Å². The van der Waals surface area contributed by atoms with E-state index < -0.39 is 33.3 Å². The summed E-state index contributed by atoms with van der Waals surface area (Å²) in [6.45, 7) is 0. The molecule has 1 heterocycles. The number of sulfonamides is 1. The lowest BCUT2D eigenvalue weighted by atomic mass is 10.2. The van der Waals surface area contributed by atoms with Crippen LogP contribution < -0.4 is 10.0 Å². The zero-order chi connectivity index (χ0) is 19.6. The van der Waals surface area contributed by atoms with Crippen LogP contribution in [0.2, 0.25) is 0 Å². The van der Waals surface area contributed by atoms with E-state index in [0.29, 0.717) is 0 Å². The van der Waals surface area contributed by atoms with Gasteiger partial charge in [-0.05, 0) is 48.5 Å². The maximum Gasteiger partial charge on any atom is 0.263 e. The maximum absolute atomic E-state index is 13.6. The minimum atomic E-state index is -3.97. The van der Waals surface area contributed by atoms with E-state index in [-0.39, 0.29) is 22.1 Å². The van der Waals surface area contributed by atoms with Crippen molar-refractivity contribution in [1.29, 1.82) is 0 Å². The molecule has 0 saturated heterocycles. The number of hydrogen-bond acceptors (Lipinski definition) is 4. The quantitative estimate of drug-likeness (QED) is 0.501. The minimum absolute atomic E-state index is 0.0457. The fourth-order valence-corrected chi connectivity index (χ4v) is 3.12. The minimum Gasteiger partial charge on any atom is -0.352 e. The average molecular weight is 397 g/mol. The number of nitrogens with one attached hydrogen (secondary N) is 2. The van der Waals surface area contributed by atoms with Gasteiger partial charge in [-0.1, -0.05) is 0 Å². The van der Waals surface area contributed by atoms with Gasteiger partial charge < -0.3 is 5.32 Å². The second-order valence-corrected chi connectivity index (χ2v) is 7.02. The van der Waals surface area contributed by atoms with Crippen molar-refractivity contribution in [3.8, 4) is 0 Å². The Labute approximate surface area is 151 Å². The molecule has 0 saturated carbocycles. The Morgan fingerprint density at radius 3 is 2.15 bits per heavy atom. The number of hydrogen-bond donors (Lipinski definition) is 2. The van der Waals surface area contributed by atoms with E-state index in [9.17, 15) is 26.0 Å². The second kappa shape index (κ2) is 7.23. The molecule has 0 unspecified atom stereocenters. The van der Waals surface area contributed by atoms with Gasteiger partial charge in [-0.3, -0.25) is 4.72 Å². The van der Waals surface area contributed by atoms with E-state index in [2.05, 4.69) is 15.0 Å². The second-order valence-electron chi connectivity index (χ2n) is 5.34. The van der Waals surface area contributed by atoms with Gasteiger partial charge >= 0.3 is 0 Å². The largest absolute Gasteiger partial charge is 0.352 e.